The number of aliphatic hydroxyl groups is 1. The first-order chi connectivity index (χ1) is 7.77. The second kappa shape index (κ2) is 5.67. The molecule has 1 aromatic rings. The molecule has 2 nitrogen and oxygen atoms in total. The Hall–Kier alpha value is -0.570. The van der Waals surface area contributed by atoms with Crippen LogP contribution in [0.1, 0.15) is 24.8 Å². The maximum Gasteiger partial charge on any atom is 0.0965 e. The molecule has 0 unspecified atom stereocenters. The third-order valence-electron chi connectivity index (χ3n) is 3.03. The van der Waals surface area contributed by atoms with Gasteiger partial charge < -0.3 is 9.84 Å². The summed E-state index contributed by atoms with van der Waals surface area (Å²) in [6.45, 7) is 0.548. The summed E-state index contributed by atoms with van der Waals surface area (Å²) >= 11 is 6.01. The Bertz CT molecular complexity index is 315. The van der Waals surface area contributed by atoms with Gasteiger partial charge in [0.1, 0.15) is 0 Å². The fourth-order valence-electron chi connectivity index (χ4n) is 2.05. The van der Waals surface area contributed by atoms with Crippen molar-refractivity contribution in [3.8, 4) is 0 Å². The number of hydrogen-bond donors (Lipinski definition) is 1. The van der Waals surface area contributed by atoms with Crippen molar-refractivity contribution in [2.75, 3.05) is 0 Å². The summed E-state index contributed by atoms with van der Waals surface area (Å²) in [4.78, 5) is 0. The summed E-state index contributed by atoms with van der Waals surface area (Å²) in [5.74, 6) is 0. The zero-order chi connectivity index (χ0) is 11.4. The largest absolute Gasteiger partial charge is 0.389 e. The Morgan fingerprint density at radius 1 is 1.25 bits per heavy atom. The molecule has 1 saturated carbocycles. The van der Waals surface area contributed by atoms with Gasteiger partial charge in [-0.05, 0) is 24.8 Å². The number of ether oxygens (including phenoxy) is 1. The highest BCUT2D eigenvalue weighted by Crippen LogP contribution is 2.26. The molecule has 1 fully saturated rings. The van der Waals surface area contributed by atoms with Gasteiger partial charge in [0, 0.05) is 0 Å². The second-order valence-corrected chi connectivity index (χ2v) is 4.83. The summed E-state index contributed by atoms with van der Waals surface area (Å²) in [6.07, 6.45) is 2.17. The summed E-state index contributed by atoms with van der Waals surface area (Å²) in [7, 11) is 0. The highest BCUT2D eigenvalue weighted by atomic mass is 35.5. The maximum absolute atomic E-state index is 9.86. The number of hydrogen-bond acceptors (Lipinski definition) is 2. The molecular weight excluding hydrogens is 224 g/mol. The molecule has 0 aliphatic heterocycles. The Morgan fingerprint density at radius 3 is 2.75 bits per heavy atom. The minimum absolute atomic E-state index is 0.114. The minimum atomic E-state index is -0.529. The van der Waals surface area contributed by atoms with Crippen molar-refractivity contribution in [2.45, 2.75) is 43.5 Å². The number of benzene rings is 1. The van der Waals surface area contributed by atoms with Crippen molar-refractivity contribution < 1.29 is 9.84 Å². The van der Waals surface area contributed by atoms with E-state index in [0.29, 0.717) is 6.61 Å². The van der Waals surface area contributed by atoms with Crippen molar-refractivity contribution in [1.29, 1.82) is 0 Å². The van der Waals surface area contributed by atoms with Gasteiger partial charge in [0.25, 0.3) is 0 Å². The molecule has 1 N–H and O–H groups in total. The summed E-state index contributed by atoms with van der Waals surface area (Å²) < 4.78 is 5.72. The van der Waals surface area contributed by atoms with E-state index in [1.54, 1.807) is 0 Å². The Balaban J connectivity index is 1.85. The van der Waals surface area contributed by atoms with Crippen molar-refractivity contribution in [3.05, 3.63) is 35.9 Å². The van der Waals surface area contributed by atoms with Gasteiger partial charge in [-0.25, -0.2) is 0 Å². The van der Waals surface area contributed by atoms with Crippen LogP contribution in [0.3, 0.4) is 0 Å². The van der Waals surface area contributed by atoms with E-state index in [4.69, 9.17) is 16.3 Å². The minimum Gasteiger partial charge on any atom is -0.389 e. The Morgan fingerprint density at radius 2 is 2.00 bits per heavy atom. The maximum atomic E-state index is 9.86. The van der Waals surface area contributed by atoms with Gasteiger partial charge in [0.05, 0.1) is 24.2 Å². The highest BCUT2D eigenvalue weighted by molar-refractivity contribution is 6.21. The standard InChI is InChI=1S/C13H17ClO2/c14-11-7-4-8-12(13(11)15)16-9-10-5-2-1-3-6-10/h1-3,5-6,11-13,15H,4,7-9H2/t11-,12-,13-/m1/s1. The molecule has 1 aromatic carbocycles. The molecule has 0 saturated heterocycles. The topological polar surface area (TPSA) is 29.5 Å². The molecule has 0 aromatic heterocycles. The molecule has 0 bridgehead atoms. The van der Waals surface area contributed by atoms with Crippen LogP contribution in [0, 0.1) is 0 Å². The van der Waals surface area contributed by atoms with E-state index >= 15 is 0 Å². The van der Waals surface area contributed by atoms with Crippen LogP contribution in [0.25, 0.3) is 0 Å². The van der Waals surface area contributed by atoms with E-state index in [9.17, 15) is 5.11 Å². The molecule has 3 heteroatoms. The molecule has 0 heterocycles. The molecule has 1 aliphatic carbocycles. The first kappa shape index (κ1) is 11.9. The quantitative estimate of drug-likeness (QED) is 0.824. The predicted molar refractivity (Wildman–Crippen MR) is 64.5 cm³/mol. The van der Waals surface area contributed by atoms with Gasteiger partial charge in [-0.15, -0.1) is 11.6 Å². The van der Waals surface area contributed by atoms with Gasteiger partial charge in [0.15, 0.2) is 0 Å². The first-order valence-corrected chi connectivity index (χ1v) is 6.18. The van der Waals surface area contributed by atoms with Crippen molar-refractivity contribution in [2.24, 2.45) is 0 Å². The van der Waals surface area contributed by atoms with E-state index in [0.717, 1.165) is 24.8 Å². The van der Waals surface area contributed by atoms with Crippen LogP contribution in [0.15, 0.2) is 30.3 Å². The van der Waals surface area contributed by atoms with E-state index in [1.807, 2.05) is 30.3 Å². The van der Waals surface area contributed by atoms with Gasteiger partial charge in [-0.1, -0.05) is 30.3 Å². The predicted octanol–water partition coefficient (Wildman–Crippen LogP) is 2.72. The van der Waals surface area contributed by atoms with Crippen LogP contribution >= 0.6 is 11.6 Å². The van der Waals surface area contributed by atoms with E-state index in [-0.39, 0.29) is 11.5 Å². The van der Waals surface area contributed by atoms with Crippen LogP contribution in [0.2, 0.25) is 0 Å². The van der Waals surface area contributed by atoms with E-state index in [2.05, 4.69) is 0 Å². The lowest BCUT2D eigenvalue weighted by atomic mass is 9.94. The summed E-state index contributed by atoms with van der Waals surface area (Å²) in [5, 5.41) is 9.70. The van der Waals surface area contributed by atoms with Gasteiger partial charge >= 0.3 is 0 Å². The number of aliphatic hydroxyl groups excluding tert-OH is 1. The molecule has 16 heavy (non-hydrogen) atoms. The van der Waals surface area contributed by atoms with E-state index < -0.39 is 6.10 Å². The van der Waals surface area contributed by atoms with E-state index in [1.165, 1.54) is 0 Å². The molecule has 0 spiro atoms. The highest BCUT2D eigenvalue weighted by Gasteiger charge is 2.30. The summed E-state index contributed by atoms with van der Waals surface area (Å²) in [5.41, 5.74) is 1.13. The van der Waals surface area contributed by atoms with Gasteiger partial charge in [-0.3, -0.25) is 0 Å². The van der Waals surface area contributed by atoms with Gasteiger partial charge in [-0.2, -0.15) is 0 Å². The molecule has 0 radical (unpaired) electrons. The smallest absolute Gasteiger partial charge is 0.0965 e. The van der Waals surface area contributed by atoms with Crippen molar-refractivity contribution in [3.63, 3.8) is 0 Å². The molecule has 2 rings (SSSR count). The van der Waals surface area contributed by atoms with Gasteiger partial charge in [0.2, 0.25) is 0 Å². The van der Waals surface area contributed by atoms with Crippen LogP contribution in [-0.4, -0.2) is 22.7 Å². The third-order valence-corrected chi connectivity index (χ3v) is 3.50. The number of rotatable bonds is 3. The fraction of sp³-hybridized carbons (Fsp3) is 0.538. The van der Waals surface area contributed by atoms with Crippen molar-refractivity contribution >= 4 is 11.6 Å². The average Bonchev–Trinajstić information content (AvgIpc) is 2.32. The second-order valence-electron chi connectivity index (χ2n) is 4.27. The Kier molecular flexibility index (Phi) is 4.22. The summed E-state index contributed by atoms with van der Waals surface area (Å²) in [6, 6.07) is 10.00. The SMILES string of the molecule is O[C@@H]1[C@H](Cl)CCC[C@H]1OCc1ccccc1. The molecule has 0 amide bonds. The lowest BCUT2D eigenvalue weighted by Gasteiger charge is -2.31. The van der Waals surface area contributed by atoms with Crippen LogP contribution in [0.4, 0.5) is 0 Å². The Labute approximate surface area is 101 Å². The van der Waals surface area contributed by atoms with Crippen molar-refractivity contribution in [1.82, 2.24) is 0 Å². The molecule has 3 atom stereocenters. The zero-order valence-electron chi connectivity index (χ0n) is 9.18. The first-order valence-electron chi connectivity index (χ1n) is 5.75. The monoisotopic (exact) mass is 240 g/mol. The molecular formula is C13H17ClO2. The molecule has 88 valence electrons. The number of alkyl halides is 1. The number of halogens is 1. The normalized spacial score (nSPS) is 30.2. The fourth-order valence-corrected chi connectivity index (χ4v) is 2.36. The third kappa shape index (κ3) is 2.97. The lowest BCUT2D eigenvalue weighted by Crippen LogP contribution is -2.39. The van der Waals surface area contributed by atoms with Crippen LogP contribution < -0.4 is 0 Å². The van der Waals surface area contributed by atoms with Crippen LogP contribution in [-0.2, 0) is 11.3 Å². The molecule has 1 aliphatic rings. The zero-order valence-corrected chi connectivity index (χ0v) is 9.94. The average molecular weight is 241 g/mol. The van der Waals surface area contributed by atoms with Crippen LogP contribution in [0.5, 0.6) is 0 Å². The lowest BCUT2D eigenvalue weighted by molar-refractivity contribution is -0.0641.